The number of hydrogen-bond acceptors (Lipinski definition) is 5. The Morgan fingerprint density at radius 2 is 1.79 bits per heavy atom. The van der Waals surface area contributed by atoms with E-state index in [9.17, 15) is 13.2 Å². The third kappa shape index (κ3) is 6.55. The summed E-state index contributed by atoms with van der Waals surface area (Å²) in [7, 11) is -3.73. The lowest BCUT2D eigenvalue weighted by molar-refractivity contribution is 0.0950. The molecule has 0 spiro atoms. The van der Waals surface area contributed by atoms with Crippen LogP contribution in [0.5, 0.6) is 11.6 Å². The number of carbonyl (C=O) groups excluding carboxylic acids is 1. The fraction of sp³-hybridized carbons (Fsp3) is 0.280. The predicted octanol–water partition coefficient (Wildman–Crippen LogP) is 5.21. The average Bonchev–Trinajstić information content (AvgIpc) is 2.79. The van der Waals surface area contributed by atoms with Crippen molar-refractivity contribution in [1.82, 2.24) is 10.3 Å². The summed E-state index contributed by atoms with van der Waals surface area (Å²) in [4.78, 5) is 16.9. The van der Waals surface area contributed by atoms with Crippen LogP contribution in [0.2, 0.25) is 0 Å². The van der Waals surface area contributed by atoms with Crippen molar-refractivity contribution in [3.63, 3.8) is 0 Å². The molecule has 1 aromatic heterocycles. The number of carbonyl (C=O) groups is 1. The molecule has 0 aliphatic rings. The van der Waals surface area contributed by atoms with E-state index in [4.69, 9.17) is 4.74 Å². The number of sulfonamides is 1. The molecule has 3 rings (SSSR count). The molecule has 3 aromatic rings. The van der Waals surface area contributed by atoms with Crippen LogP contribution in [-0.2, 0) is 10.0 Å². The third-order valence-corrected chi connectivity index (χ3v) is 6.56. The molecular weight excluding hydrogens is 438 g/mol. The highest BCUT2D eigenvalue weighted by Crippen LogP contribution is 2.26. The van der Waals surface area contributed by atoms with Crippen LogP contribution in [-0.4, -0.2) is 25.9 Å². The van der Waals surface area contributed by atoms with Gasteiger partial charge in [-0.3, -0.25) is 9.52 Å². The van der Waals surface area contributed by atoms with Gasteiger partial charge in [0.2, 0.25) is 5.88 Å². The summed E-state index contributed by atoms with van der Waals surface area (Å²) in [5.74, 6) is 0.379. The summed E-state index contributed by atoms with van der Waals surface area (Å²) in [6.07, 6.45) is 4.60. The Morgan fingerprint density at radius 1 is 1.03 bits per heavy atom. The molecule has 0 aliphatic carbocycles. The lowest BCUT2D eigenvalue weighted by Crippen LogP contribution is -2.25. The molecule has 0 unspecified atom stereocenters. The maximum absolute atomic E-state index is 12.8. The first-order valence-electron chi connectivity index (χ1n) is 10.9. The van der Waals surface area contributed by atoms with E-state index in [1.807, 2.05) is 13.0 Å². The van der Waals surface area contributed by atoms with Gasteiger partial charge in [0.15, 0.2) is 0 Å². The zero-order valence-electron chi connectivity index (χ0n) is 19.1. The third-order valence-electron chi connectivity index (χ3n) is 5.04. The zero-order valence-corrected chi connectivity index (χ0v) is 19.9. The van der Waals surface area contributed by atoms with E-state index in [0.717, 1.165) is 24.8 Å². The molecule has 0 bridgehead atoms. The molecule has 0 radical (unpaired) electrons. The van der Waals surface area contributed by atoms with Gasteiger partial charge in [-0.1, -0.05) is 31.9 Å². The van der Waals surface area contributed by atoms with Crippen LogP contribution in [0.4, 0.5) is 5.69 Å². The Bertz CT molecular complexity index is 1210. The fourth-order valence-corrected chi connectivity index (χ4v) is 4.62. The number of nitrogens with zero attached hydrogens (tertiary/aromatic N) is 1. The Morgan fingerprint density at radius 3 is 2.52 bits per heavy atom. The van der Waals surface area contributed by atoms with E-state index >= 15 is 0 Å². The van der Waals surface area contributed by atoms with Crippen LogP contribution in [0.1, 0.15) is 47.7 Å². The lowest BCUT2D eigenvalue weighted by atomic mass is 10.2. The van der Waals surface area contributed by atoms with E-state index in [1.165, 1.54) is 0 Å². The molecule has 33 heavy (non-hydrogen) atoms. The number of rotatable bonds is 10. The summed E-state index contributed by atoms with van der Waals surface area (Å²) in [5.41, 5.74) is 2.28. The quantitative estimate of drug-likeness (QED) is 0.399. The van der Waals surface area contributed by atoms with E-state index in [0.29, 0.717) is 29.1 Å². The summed E-state index contributed by atoms with van der Waals surface area (Å²) < 4.78 is 34.0. The second kappa shape index (κ2) is 11.0. The normalized spacial score (nSPS) is 11.1. The lowest BCUT2D eigenvalue weighted by Gasteiger charge is -2.13. The van der Waals surface area contributed by atoms with Gasteiger partial charge in [0, 0.05) is 18.4 Å². The van der Waals surface area contributed by atoms with Gasteiger partial charge in [0.1, 0.15) is 11.3 Å². The molecule has 0 saturated carbocycles. The van der Waals surface area contributed by atoms with Gasteiger partial charge in [-0.05, 0) is 73.9 Å². The number of unbranched alkanes of at least 4 members (excludes halogenated alkanes) is 2. The van der Waals surface area contributed by atoms with Crippen molar-refractivity contribution < 1.29 is 17.9 Å². The van der Waals surface area contributed by atoms with Gasteiger partial charge in [-0.2, -0.15) is 0 Å². The first-order chi connectivity index (χ1) is 15.8. The first-order valence-corrected chi connectivity index (χ1v) is 12.4. The number of hydrogen-bond donors (Lipinski definition) is 2. The molecule has 7 nitrogen and oxygen atoms in total. The molecule has 2 aromatic carbocycles. The molecule has 2 N–H and O–H groups in total. The standard InChI is InChI=1S/C25H29N3O4S/c1-4-5-6-15-26-24(29)22-8-7-16-27-25(22)32-21-13-11-20(12-14-21)28-33(30,31)23-17-18(2)9-10-19(23)3/h7-14,16-17,28H,4-6,15H2,1-3H3,(H,26,29). The number of pyridine rings is 1. The maximum Gasteiger partial charge on any atom is 0.262 e. The van der Waals surface area contributed by atoms with E-state index in [-0.39, 0.29) is 16.7 Å². The molecule has 174 valence electrons. The van der Waals surface area contributed by atoms with Crippen molar-refractivity contribution in [2.75, 3.05) is 11.3 Å². The second-order valence-electron chi connectivity index (χ2n) is 7.82. The Hall–Kier alpha value is -3.39. The minimum atomic E-state index is -3.73. The molecule has 1 heterocycles. The fourth-order valence-electron chi connectivity index (χ4n) is 3.23. The number of amides is 1. The highest BCUT2D eigenvalue weighted by Gasteiger charge is 2.18. The summed E-state index contributed by atoms with van der Waals surface area (Å²) >= 11 is 0. The van der Waals surface area contributed by atoms with Crippen molar-refractivity contribution >= 4 is 21.6 Å². The topological polar surface area (TPSA) is 97.4 Å². The van der Waals surface area contributed by atoms with Crippen LogP contribution < -0.4 is 14.8 Å². The minimum absolute atomic E-state index is 0.189. The van der Waals surface area contributed by atoms with Gasteiger partial charge in [0.05, 0.1) is 4.90 Å². The van der Waals surface area contributed by atoms with Crippen LogP contribution >= 0.6 is 0 Å². The number of nitrogens with one attached hydrogen (secondary N) is 2. The van der Waals surface area contributed by atoms with E-state index in [1.54, 1.807) is 61.7 Å². The number of aromatic nitrogens is 1. The van der Waals surface area contributed by atoms with Crippen LogP contribution in [0.15, 0.2) is 65.7 Å². The van der Waals surface area contributed by atoms with Crippen molar-refractivity contribution in [3.05, 3.63) is 77.5 Å². The molecule has 0 aliphatic heterocycles. The van der Waals surface area contributed by atoms with Crippen molar-refractivity contribution in [2.45, 2.75) is 44.9 Å². The Labute approximate surface area is 195 Å². The molecule has 0 fully saturated rings. The van der Waals surface area contributed by atoms with Gasteiger partial charge in [-0.25, -0.2) is 13.4 Å². The number of benzene rings is 2. The van der Waals surface area contributed by atoms with Crippen LogP contribution in [0, 0.1) is 13.8 Å². The minimum Gasteiger partial charge on any atom is -0.438 e. The first kappa shape index (κ1) is 24.3. The van der Waals surface area contributed by atoms with Crippen LogP contribution in [0.3, 0.4) is 0 Å². The average molecular weight is 468 g/mol. The second-order valence-corrected chi connectivity index (χ2v) is 9.47. The van der Waals surface area contributed by atoms with E-state index in [2.05, 4.69) is 21.9 Å². The molecule has 0 saturated heterocycles. The Balaban J connectivity index is 1.70. The van der Waals surface area contributed by atoms with Gasteiger partial charge in [0.25, 0.3) is 15.9 Å². The largest absolute Gasteiger partial charge is 0.438 e. The van der Waals surface area contributed by atoms with Gasteiger partial charge in [-0.15, -0.1) is 0 Å². The van der Waals surface area contributed by atoms with Gasteiger partial charge < -0.3 is 10.1 Å². The molecule has 1 amide bonds. The molecule has 0 atom stereocenters. The summed E-state index contributed by atoms with van der Waals surface area (Å²) in [6, 6.07) is 15.1. The predicted molar refractivity (Wildman–Crippen MR) is 129 cm³/mol. The highest BCUT2D eigenvalue weighted by atomic mass is 32.2. The summed E-state index contributed by atoms with van der Waals surface area (Å²) in [5, 5.41) is 2.88. The van der Waals surface area contributed by atoms with Crippen molar-refractivity contribution in [3.8, 4) is 11.6 Å². The zero-order chi connectivity index (χ0) is 23.8. The smallest absolute Gasteiger partial charge is 0.262 e. The Kier molecular flexibility index (Phi) is 8.06. The van der Waals surface area contributed by atoms with E-state index < -0.39 is 10.0 Å². The SMILES string of the molecule is CCCCCNC(=O)c1cccnc1Oc1ccc(NS(=O)(=O)c2cc(C)ccc2C)cc1. The number of ether oxygens (including phenoxy) is 1. The number of anilines is 1. The highest BCUT2D eigenvalue weighted by molar-refractivity contribution is 7.92. The number of aryl methyl sites for hydroxylation is 2. The summed E-state index contributed by atoms with van der Waals surface area (Å²) in [6.45, 7) is 6.31. The maximum atomic E-state index is 12.8. The molecular formula is C25H29N3O4S. The van der Waals surface area contributed by atoms with Crippen molar-refractivity contribution in [2.24, 2.45) is 0 Å². The van der Waals surface area contributed by atoms with Crippen molar-refractivity contribution in [1.29, 1.82) is 0 Å². The monoisotopic (exact) mass is 467 g/mol. The van der Waals surface area contributed by atoms with Crippen LogP contribution in [0.25, 0.3) is 0 Å². The molecule has 8 heteroatoms. The van der Waals surface area contributed by atoms with Gasteiger partial charge >= 0.3 is 0 Å².